The molecule has 8 nitrogen and oxygen atoms in total. The van der Waals surface area contributed by atoms with Gasteiger partial charge in [0, 0.05) is 24.8 Å². The molecule has 0 aliphatic heterocycles. The van der Waals surface area contributed by atoms with Crippen LogP contribution in [0.2, 0.25) is 0 Å². The first-order valence-electron chi connectivity index (χ1n) is 11.6. The molecule has 4 aromatic heterocycles. The Balaban J connectivity index is 0.000000643. The third-order valence-corrected chi connectivity index (χ3v) is 4.37. The quantitative estimate of drug-likeness (QED) is 0.118. The topological polar surface area (TPSA) is 126 Å². The second-order valence-electron chi connectivity index (χ2n) is 8.82. The first kappa shape index (κ1) is 43.2. The van der Waals surface area contributed by atoms with E-state index in [1.54, 1.807) is 12.4 Å². The summed E-state index contributed by atoms with van der Waals surface area (Å²) in [5, 5.41) is 17.7. The Bertz CT molecular complexity index is 1580. The van der Waals surface area contributed by atoms with Gasteiger partial charge < -0.3 is 10.2 Å². The van der Waals surface area contributed by atoms with E-state index in [-0.39, 0.29) is 30.6 Å². The van der Waals surface area contributed by atoms with E-state index in [2.05, 4.69) is 19.9 Å². The fraction of sp³-hybridized carbons (Fsp3) is 0.0833. The number of rotatable bonds is 4. The van der Waals surface area contributed by atoms with Gasteiger partial charge in [0.2, 0.25) is 0 Å². The maximum Gasteiger partial charge on any atom is 2.00 e. The van der Waals surface area contributed by atoms with Crippen LogP contribution in [0.25, 0.3) is 22.8 Å². The van der Waals surface area contributed by atoms with Crippen LogP contribution in [0.4, 0.5) is 50.4 Å². The molecule has 0 unspecified atom stereocenters. The number of carboxylic acids is 2. The molecular weight excluding hydrogens is 799 g/mol. The largest absolute Gasteiger partial charge is 2.00 e. The third kappa shape index (κ3) is 25.0. The number of hydrogen-bond donors (Lipinski definition) is 2. The minimum Gasteiger partial charge on any atom is 2.00 e. The van der Waals surface area contributed by atoms with Gasteiger partial charge in [-0.05, 0) is 73.5 Å². The monoisotopic (exact) mass is 820 g/mol. The van der Waals surface area contributed by atoms with Crippen LogP contribution in [0.3, 0.4) is 0 Å². The van der Waals surface area contributed by atoms with Crippen LogP contribution in [0.15, 0.2) is 73.3 Å². The Morgan fingerprint density at radius 3 is 0.915 bits per heavy atom. The molecule has 47 heavy (non-hydrogen) atoms. The maximum absolute atomic E-state index is 10.8. The Kier molecular flexibility index (Phi) is 12.6. The van der Waals surface area contributed by atoms with Crippen molar-refractivity contribution in [2.24, 2.45) is 0 Å². The number of aromatic nitrogens is 4. The van der Waals surface area contributed by atoms with Gasteiger partial charge in [0.1, 0.15) is 0 Å². The molecule has 4 heterocycles. The molecule has 2 N–H and O–H groups in total. The smallest absolute Gasteiger partial charge is 2.00 e. The number of nitrogens with zero attached hydrogens (tertiary/aromatic N) is 4. The molecule has 0 atom stereocenters. The normalized spacial score (nSPS) is 13.7. The first-order valence-corrected chi connectivity index (χ1v) is 15.7. The average Bonchev–Trinajstić information content (AvgIpc) is 2.85. The summed E-state index contributed by atoms with van der Waals surface area (Å²) in [7, 11) is -21.3. The Morgan fingerprint density at radius 2 is 0.702 bits per heavy atom. The summed E-state index contributed by atoms with van der Waals surface area (Å²) in [6.45, 7) is 3.90. The van der Waals surface area contributed by atoms with Gasteiger partial charge in [-0.2, -0.15) is 0 Å². The summed E-state index contributed by atoms with van der Waals surface area (Å²) in [4.78, 5) is 38.1. The number of carbonyl (C=O) groups is 2. The molecule has 4 aromatic rings. The molecule has 0 saturated heterocycles. The van der Waals surface area contributed by atoms with Crippen molar-refractivity contribution in [2.45, 2.75) is 13.8 Å². The SMILES string of the molecule is Cc1ccnc(-c2cc(C(=O)O)ccn2)c1.Cc1ccnc(-c2cc(C(=O)O)ccn2)c1.F[P-](F)(F)(F)(F)F.F[P-](F)(F)(F)(F)F.[Ru+2]. The van der Waals surface area contributed by atoms with Gasteiger partial charge in [-0.25, -0.2) is 9.59 Å². The zero-order valence-electron chi connectivity index (χ0n) is 23.2. The van der Waals surface area contributed by atoms with E-state index in [1.165, 1.54) is 36.7 Å². The van der Waals surface area contributed by atoms with Crippen LogP contribution in [0, 0.1) is 13.8 Å². The number of pyridine rings is 4. The van der Waals surface area contributed by atoms with Gasteiger partial charge in [-0.15, -0.1) is 0 Å². The average molecular weight is 819 g/mol. The Morgan fingerprint density at radius 1 is 0.489 bits per heavy atom. The van der Waals surface area contributed by atoms with E-state index < -0.39 is 27.6 Å². The van der Waals surface area contributed by atoms with Crippen molar-refractivity contribution < 1.29 is 89.6 Å². The molecule has 262 valence electrons. The fourth-order valence-electron chi connectivity index (χ4n) is 2.76. The number of halogens is 12. The minimum absolute atomic E-state index is 0. The Hall–Kier alpha value is -3.82. The summed E-state index contributed by atoms with van der Waals surface area (Å²) in [5.41, 5.74) is 5.07. The van der Waals surface area contributed by atoms with Gasteiger partial charge in [0.05, 0.1) is 33.9 Å². The van der Waals surface area contributed by atoms with Crippen molar-refractivity contribution in [1.29, 1.82) is 0 Å². The summed E-state index contributed by atoms with van der Waals surface area (Å²) >= 11 is 0. The van der Waals surface area contributed by atoms with Crippen molar-refractivity contribution in [1.82, 2.24) is 19.9 Å². The summed E-state index contributed by atoms with van der Waals surface area (Å²) < 4.78 is 118. The van der Waals surface area contributed by atoms with E-state index in [4.69, 9.17) is 10.2 Å². The van der Waals surface area contributed by atoms with Crippen molar-refractivity contribution in [3.05, 3.63) is 95.6 Å². The predicted molar refractivity (Wildman–Crippen MR) is 145 cm³/mol. The van der Waals surface area contributed by atoms with E-state index in [9.17, 15) is 60.0 Å². The summed E-state index contributed by atoms with van der Waals surface area (Å²) in [6, 6.07) is 13.5. The zero-order valence-corrected chi connectivity index (χ0v) is 26.7. The molecule has 0 radical (unpaired) electrons. The fourth-order valence-corrected chi connectivity index (χ4v) is 2.76. The first-order chi connectivity index (χ1) is 20.2. The number of aryl methyl sites for hydroxylation is 2. The van der Waals surface area contributed by atoms with Crippen molar-refractivity contribution in [2.75, 3.05) is 0 Å². The van der Waals surface area contributed by atoms with Gasteiger partial charge in [0.25, 0.3) is 0 Å². The summed E-state index contributed by atoms with van der Waals surface area (Å²) in [5.74, 6) is -1.92. The molecule has 0 amide bonds. The Labute approximate surface area is 269 Å². The molecule has 0 aliphatic rings. The number of aromatic carboxylic acids is 2. The molecule has 0 fully saturated rings. The number of hydrogen-bond acceptors (Lipinski definition) is 6. The third-order valence-electron chi connectivity index (χ3n) is 4.37. The second kappa shape index (κ2) is 13.7. The van der Waals surface area contributed by atoms with Crippen LogP contribution in [-0.4, -0.2) is 42.1 Å². The van der Waals surface area contributed by atoms with Gasteiger partial charge in [-0.3, -0.25) is 19.9 Å². The van der Waals surface area contributed by atoms with E-state index >= 15 is 0 Å². The predicted octanol–water partition coefficient (Wildman–Crippen LogP) is 11.1. The molecule has 0 spiro atoms. The molecule has 0 saturated carbocycles. The molecule has 0 aliphatic carbocycles. The zero-order chi connectivity index (χ0) is 35.9. The van der Waals surface area contributed by atoms with Crippen LogP contribution >= 0.6 is 15.6 Å². The second-order valence-corrected chi connectivity index (χ2v) is 12.7. The molecule has 0 aromatic carbocycles. The van der Waals surface area contributed by atoms with E-state index in [0.717, 1.165) is 11.1 Å². The van der Waals surface area contributed by atoms with E-state index in [1.807, 2.05) is 38.1 Å². The van der Waals surface area contributed by atoms with Gasteiger partial charge >= 0.3 is 97.4 Å². The van der Waals surface area contributed by atoms with Gasteiger partial charge in [0.15, 0.2) is 0 Å². The standard InChI is InChI=1S/2C12H10N2O2.2F6P.Ru/c2*1-8-2-4-13-10(6-8)11-7-9(12(15)16)3-5-14-11;2*1-7(2,3,4,5)6;/h2*2-7H,1H3,(H,15,16);;;/q;;2*-1;+2. The van der Waals surface area contributed by atoms with Crippen LogP contribution in [-0.2, 0) is 19.5 Å². The molecular formula is C24H20F12N4O4P2Ru. The van der Waals surface area contributed by atoms with Crippen LogP contribution in [0.5, 0.6) is 0 Å². The molecule has 23 heteroatoms. The van der Waals surface area contributed by atoms with Crippen molar-refractivity contribution in [3.63, 3.8) is 0 Å². The number of carboxylic acid groups (broad SMARTS) is 2. The van der Waals surface area contributed by atoms with Crippen molar-refractivity contribution in [3.8, 4) is 22.8 Å². The van der Waals surface area contributed by atoms with Gasteiger partial charge in [-0.1, -0.05) is 0 Å². The molecule has 0 bridgehead atoms. The van der Waals surface area contributed by atoms with Crippen LogP contribution in [0.1, 0.15) is 31.8 Å². The summed E-state index contributed by atoms with van der Waals surface area (Å²) in [6.07, 6.45) is 6.31. The molecule has 4 rings (SSSR count). The maximum atomic E-state index is 10.8. The van der Waals surface area contributed by atoms with Crippen LogP contribution < -0.4 is 0 Å². The van der Waals surface area contributed by atoms with Crippen molar-refractivity contribution >= 4 is 27.6 Å². The van der Waals surface area contributed by atoms with E-state index in [0.29, 0.717) is 22.8 Å². The minimum atomic E-state index is -10.7.